The summed E-state index contributed by atoms with van der Waals surface area (Å²) in [5.74, 6) is 0.595. The van der Waals surface area contributed by atoms with Gasteiger partial charge in [0.2, 0.25) is 0 Å². The molecule has 0 aliphatic rings. The van der Waals surface area contributed by atoms with E-state index in [-0.39, 0.29) is 6.10 Å². The predicted molar refractivity (Wildman–Crippen MR) is 83.1 cm³/mol. The van der Waals surface area contributed by atoms with Crippen LogP contribution in [0.1, 0.15) is 20.8 Å². The Balaban J connectivity index is 4.06. The maximum absolute atomic E-state index is 10.1. The van der Waals surface area contributed by atoms with Gasteiger partial charge in [0.1, 0.15) is 0 Å². The Kier molecular flexibility index (Phi) is 11.3. The van der Waals surface area contributed by atoms with E-state index in [1.807, 2.05) is 6.92 Å². The average molecular weight is 290 g/mol. The lowest BCUT2D eigenvalue weighted by atomic mass is 10.2. The maximum atomic E-state index is 10.1. The maximum Gasteiger partial charge on any atom is 0.0900 e. The van der Waals surface area contributed by atoms with Crippen LogP contribution in [0.25, 0.3) is 0 Å². The van der Waals surface area contributed by atoms with Gasteiger partial charge in [0, 0.05) is 33.3 Å². The monoisotopic (exact) mass is 290 g/mol. The van der Waals surface area contributed by atoms with Crippen molar-refractivity contribution in [1.82, 2.24) is 9.80 Å². The number of hydrogen-bond donors (Lipinski definition) is 1. The summed E-state index contributed by atoms with van der Waals surface area (Å²) >= 11 is 0. The summed E-state index contributed by atoms with van der Waals surface area (Å²) in [6, 6.07) is 0. The van der Waals surface area contributed by atoms with Crippen molar-refractivity contribution >= 4 is 0 Å². The molecule has 0 spiro atoms. The molecule has 5 heteroatoms. The summed E-state index contributed by atoms with van der Waals surface area (Å²) in [7, 11) is 5.79. The molecular weight excluding hydrogens is 256 g/mol. The van der Waals surface area contributed by atoms with Gasteiger partial charge in [0.05, 0.1) is 25.4 Å². The lowest BCUT2D eigenvalue weighted by molar-refractivity contribution is -0.0406. The van der Waals surface area contributed by atoms with E-state index in [4.69, 9.17) is 9.47 Å². The number of rotatable bonds is 12. The molecule has 0 heterocycles. The molecular formula is C15H34N2O3. The van der Waals surface area contributed by atoms with Gasteiger partial charge in [0.25, 0.3) is 0 Å². The zero-order valence-electron chi connectivity index (χ0n) is 14.1. The zero-order valence-corrected chi connectivity index (χ0v) is 14.1. The Morgan fingerprint density at radius 2 is 1.65 bits per heavy atom. The van der Waals surface area contributed by atoms with E-state index >= 15 is 0 Å². The number of likely N-dealkylation sites (N-methyl/N-ethyl adjacent to an activating group) is 1. The Bertz CT molecular complexity index is 225. The Hall–Kier alpha value is -0.200. The molecule has 0 amide bonds. The molecule has 2 atom stereocenters. The SMILES string of the molecule is COCC(C)OCC(O)CN(CCN(C)C)CC(C)C. The molecule has 0 bridgehead atoms. The minimum Gasteiger partial charge on any atom is -0.389 e. The molecule has 0 fully saturated rings. The summed E-state index contributed by atoms with van der Waals surface area (Å²) in [5.41, 5.74) is 0. The van der Waals surface area contributed by atoms with Gasteiger partial charge >= 0.3 is 0 Å². The van der Waals surface area contributed by atoms with E-state index in [1.54, 1.807) is 7.11 Å². The van der Waals surface area contributed by atoms with Crippen LogP contribution in [0.15, 0.2) is 0 Å². The molecule has 0 radical (unpaired) electrons. The van der Waals surface area contributed by atoms with Crippen molar-refractivity contribution in [3.05, 3.63) is 0 Å². The molecule has 0 aliphatic heterocycles. The van der Waals surface area contributed by atoms with Gasteiger partial charge < -0.3 is 19.5 Å². The summed E-state index contributed by atoms with van der Waals surface area (Å²) in [6.07, 6.45) is -0.426. The predicted octanol–water partition coefficient (Wildman–Crippen LogP) is 0.918. The van der Waals surface area contributed by atoms with Crippen molar-refractivity contribution in [3.63, 3.8) is 0 Å². The van der Waals surface area contributed by atoms with Crippen LogP contribution in [-0.4, -0.2) is 87.7 Å². The van der Waals surface area contributed by atoms with Crippen LogP contribution in [0.2, 0.25) is 0 Å². The van der Waals surface area contributed by atoms with Crippen LogP contribution < -0.4 is 0 Å². The van der Waals surface area contributed by atoms with Crippen LogP contribution in [0, 0.1) is 5.92 Å². The van der Waals surface area contributed by atoms with E-state index in [0.29, 0.717) is 25.7 Å². The van der Waals surface area contributed by atoms with Gasteiger partial charge in [-0.25, -0.2) is 0 Å². The molecule has 0 aliphatic carbocycles. The highest BCUT2D eigenvalue weighted by Crippen LogP contribution is 2.02. The zero-order chi connectivity index (χ0) is 15.5. The second kappa shape index (κ2) is 11.5. The molecule has 0 rings (SSSR count). The minimum absolute atomic E-state index is 0.0231. The molecule has 122 valence electrons. The molecule has 0 saturated heterocycles. The Morgan fingerprint density at radius 1 is 1.00 bits per heavy atom. The second-order valence-electron chi connectivity index (χ2n) is 6.21. The number of hydrogen-bond acceptors (Lipinski definition) is 5. The standard InChI is InChI=1S/C15H34N2O3/c1-13(2)9-17(8-7-16(4)5)10-15(18)12-20-14(3)11-19-6/h13-15,18H,7-12H2,1-6H3. The molecule has 1 N–H and O–H groups in total. The van der Waals surface area contributed by atoms with Crippen molar-refractivity contribution in [3.8, 4) is 0 Å². The van der Waals surface area contributed by atoms with E-state index in [9.17, 15) is 5.11 Å². The Morgan fingerprint density at radius 3 is 2.15 bits per heavy atom. The van der Waals surface area contributed by atoms with Gasteiger partial charge in [0.15, 0.2) is 0 Å². The van der Waals surface area contributed by atoms with Crippen LogP contribution in [0.3, 0.4) is 0 Å². The first kappa shape index (κ1) is 19.8. The summed E-state index contributed by atoms with van der Waals surface area (Å²) in [6.45, 7) is 10.9. The number of nitrogens with zero attached hydrogens (tertiary/aromatic N) is 2. The van der Waals surface area contributed by atoms with E-state index in [2.05, 4.69) is 37.7 Å². The fourth-order valence-electron chi connectivity index (χ4n) is 2.02. The summed E-state index contributed by atoms with van der Waals surface area (Å²) in [4.78, 5) is 4.47. The van der Waals surface area contributed by atoms with Crippen molar-refractivity contribution in [1.29, 1.82) is 0 Å². The van der Waals surface area contributed by atoms with Crippen molar-refractivity contribution in [2.24, 2.45) is 5.92 Å². The van der Waals surface area contributed by atoms with Crippen LogP contribution in [0.5, 0.6) is 0 Å². The number of aliphatic hydroxyl groups is 1. The van der Waals surface area contributed by atoms with Gasteiger partial charge in [-0.15, -0.1) is 0 Å². The lowest BCUT2D eigenvalue weighted by Gasteiger charge is -2.28. The number of aliphatic hydroxyl groups excluding tert-OH is 1. The Labute approximate surface area is 124 Å². The summed E-state index contributed by atoms with van der Waals surface area (Å²) in [5, 5.41) is 10.1. The number of ether oxygens (including phenoxy) is 2. The molecule has 5 nitrogen and oxygen atoms in total. The van der Waals surface area contributed by atoms with Crippen molar-refractivity contribution in [2.45, 2.75) is 33.0 Å². The van der Waals surface area contributed by atoms with Crippen LogP contribution in [-0.2, 0) is 9.47 Å². The third kappa shape index (κ3) is 11.6. The quantitative estimate of drug-likeness (QED) is 0.579. The second-order valence-corrected chi connectivity index (χ2v) is 6.21. The fourth-order valence-corrected chi connectivity index (χ4v) is 2.02. The fraction of sp³-hybridized carbons (Fsp3) is 1.00. The molecule has 0 aromatic rings. The van der Waals surface area contributed by atoms with Crippen molar-refractivity contribution in [2.75, 3.05) is 60.6 Å². The highest BCUT2D eigenvalue weighted by Gasteiger charge is 2.14. The van der Waals surface area contributed by atoms with Crippen molar-refractivity contribution < 1.29 is 14.6 Å². The number of methoxy groups -OCH3 is 1. The lowest BCUT2D eigenvalue weighted by Crippen LogP contribution is -2.41. The van der Waals surface area contributed by atoms with E-state index in [0.717, 1.165) is 19.6 Å². The smallest absolute Gasteiger partial charge is 0.0900 e. The average Bonchev–Trinajstić information content (AvgIpc) is 2.33. The highest BCUT2D eigenvalue weighted by molar-refractivity contribution is 4.67. The van der Waals surface area contributed by atoms with Gasteiger partial charge in [-0.05, 0) is 26.9 Å². The third-order valence-corrected chi connectivity index (χ3v) is 2.93. The molecule has 2 unspecified atom stereocenters. The highest BCUT2D eigenvalue weighted by atomic mass is 16.5. The first-order valence-corrected chi connectivity index (χ1v) is 7.50. The van der Waals surface area contributed by atoms with E-state index < -0.39 is 6.10 Å². The van der Waals surface area contributed by atoms with Gasteiger partial charge in [-0.3, -0.25) is 4.90 Å². The van der Waals surface area contributed by atoms with Crippen LogP contribution in [0.4, 0.5) is 0 Å². The van der Waals surface area contributed by atoms with Gasteiger partial charge in [-0.2, -0.15) is 0 Å². The topological polar surface area (TPSA) is 45.2 Å². The first-order valence-electron chi connectivity index (χ1n) is 7.50. The molecule has 0 saturated carbocycles. The van der Waals surface area contributed by atoms with E-state index in [1.165, 1.54) is 0 Å². The largest absolute Gasteiger partial charge is 0.389 e. The van der Waals surface area contributed by atoms with Crippen LogP contribution >= 0.6 is 0 Å². The molecule has 0 aromatic carbocycles. The van der Waals surface area contributed by atoms with Gasteiger partial charge in [-0.1, -0.05) is 13.8 Å². The minimum atomic E-state index is -0.449. The normalized spacial score (nSPS) is 15.3. The summed E-state index contributed by atoms with van der Waals surface area (Å²) < 4.78 is 10.6. The third-order valence-electron chi connectivity index (χ3n) is 2.93. The molecule has 0 aromatic heterocycles. The molecule has 20 heavy (non-hydrogen) atoms. The first-order chi connectivity index (χ1) is 9.35.